The molecule has 1 N–H and O–H groups in total. The van der Waals surface area contributed by atoms with E-state index in [0.717, 1.165) is 17.3 Å². The van der Waals surface area contributed by atoms with E-state index in [0.29, 0.717) is 12.5 Å². The standard InChI is InChI=1S/C18H24O4S/c1-2-22-18(21)17(23-12-16(19)20)15-10-8-14(9-11-15)13-6-4-3-5-7-13/h8-11,13,17H,2-7,12H2,1H3,(H,19,20)/t17-/m1/s1. The Kier molecular flexibility index (Phi) is 6.96. The van der Waals surface area contributed by atoms with Crippen LogP contribution in [0.1, 0.15) is 61.3 Å². The quantitative estimate of drug-likeness (QED) is 0.758. The zero-order valence-corrected chi connectivity index (χ0v) is 14.3. The Hall–Kier alpha value is -1.49. The normalized spacial score (nSPS) is 16.7. The van der Waals surface area contributed by atoms with E-state index in [-0.39, 0.29) is 11.7 Å². The molecule has 23 heavy (non-hydrogen) atoms. The molecule has 1 aromatic rings. The number of ether oxygens (including phenoxy) is 1. The van der Waals surface area contributed by atoms with Gasteiger partial charge in [0.1, 0.15) is 5.25 Å². The first-order valence-corrected chi connectivity index (χ1v) is 9.26. The average Bonchev–Trinajstić information content (AvgIpc) is 2.56. The largest absolute Gasteiger partial charge is 0.481 e. The molecular weight excluding hydrogens is 312 g/mol. The minimum atomic E-state index is -0.928. The number of carboxylic acids is 1. The lowest BCUT2D eigenvalue weighted by atomic mass is 9.84. The fourth-order valence-corrected chi connectivity index (χ4v) is 3.91. The lowest BCUT2D eigenvalue weighted by molar-refractivity contribution is -0.142. The third kappa shape index (κ3) is 5.27. The highest BCUT2D eigenvalue weighted by molar-refractivity contribution is 8.00. The van der Waals surface area contributed by atoms with E-state index in [1.807, 2.05) is 12.1 Å². The van der Waals surface area contributed by atoms with Gasteiger partial charge in [-0.2, -0.15) is 0 Å². The molecule has 1 atom stereocenters. The van der Waals surface area contributed by atoms with Gasteiger partial charge in [-0.25, -0.2) is 0 Å². The number of rotatable bonds is 7. The molecule has 0 bridgehead atoms. The molecule has 0 unspecified atom stereocenters. The molecule has 1 aliphatic carbocycles. The minimum Gasteiger partial charge on any atom is -0.481 e. The number of carbonyl (C=O) groups is 2. The molecular formula is C18H24O4S. The Morgan fingerprint density at radius 1 is 1.22 bits per heavy atom. The zero-order valence-electron chi connectivity index (χ0n) is 13.5. The molecule has 1 saturated carbocycles. The van der Waals surface area contributed by atoms with Gasteiger partial charge in [0.15, 0.2) is 0 Å². The van der Waals surface area contributed by atoms with Crippen LogP contribution >= 0.6 is 11.8 Å². The van der Waals surface area contributed by atoms with Crippen molar-refractivity contribution in [3.63, 3.8) is 0 Å². The highest BCUT2D eigenvalue weighted by Crippen LogP contribution is 2.35. The van der Waals surface area contributed by atoms with Gasteiger partial charge in [0.05, 0.1) is 12.4 Å². The van der Waals surface area contributed by atoms with Crippen molar-refractivity contribution in [3.05, 3.63) is 35.4 Å². The maximum absolute atomic E-state index is 12.1. The molecule has 0 aliphatic heterocycles. The topological polar surface area (TPSA) is 63.6 Å². The number of carbonyl (C=O) groups excluding carboxylic acids is 1. The van der Waals surface area contributed by atoms with Crippen molar-refractivity contribution in [2.75, 3.05) is 12.4 Å². The van der Waals surface area contributed by atoms with Gasteiger partial charge in [0.2, 0.25) is 0 Å². The van der Waals surface area contributed by atoms with Crippen LogP contribution < -0.4 is 0 Å². The number of hydrogen-bond donors (Lipinski definition) is 1. The molecule has 0 amide bonds. The summed E-state index contributed by atoms with van der Waals surface area (Å²) in [7, 11) is 0. The van der Waals surface area contributed by atoms with E-state index in [9.17, 15) is 9.59 Å². The second kappa shape index (κ2) is 8.96. The Labute approximate surface area is 141 Å². The predicted octanol–water partition coefficient (Wildman–Crippen LogP) is 4.16. The van der Waals surface area contributed by atoms with Gasteiger partial charge in [-0.15, -0.1) is 11.8 Å². The van der Waals surface area contributed by atoms with Gasteiger partial charge in [-0.3, -0.25) is 9.59 Å². The lowest BCUT2D eigenvalue weighted by Gasteiger charge is -2.22. The Bertz CT molecular complexity index is 520. The Morgan fingerprint density at radius 3 is 2.43 bits per heavy atom. The Balaban J connectivity index is 2.10. The zero-order chi connectivity index (χ0) is 16.7. The summed E-state index contributed by atoms with van der Waals surface area (Å²) in [6.45, 7) is 2.05. The molecule has 1 aromatic carbocycles. The van der Waals surface area contributed by atoms with Crippen molar-refractivity contribution < 1.29 is 19.4 Å². The number of benzene rings is 1. The molecule has 0 saturated heterocycles. The maximum Gasteiger partial charge on any atom is 0.323 e. The van der Waals surface area contributed by atoms with Crippen molar-refractivity contribution in [2.45, 2.75) is 50.2 Å². The molecule has 1 aliphatic rings. The van der Waals surface area contributed by atoms with Crippen LogP contribution in [0.2, 0.25) is 0 Å². The molecule has 0 spiro atoms. The van der Waals surface area contributed by atoms with E-state index in [4.69, 9.17) is 9.84 Å². The fourth-order valence-electron chi connectivity index (χ4n) is 3.05. The van der Waals surface area contributed by atoms with Crippen LogP contribution in [0.15, 0.2) is 24.3 Å². The van der Waals surface area contributed by atoms with Crippen LogP contribution in [-0.2, 0) is 14.3 Å². The first-order valence-electron chi connectivity index (χ1n) is 8.21. The van der Waals surface area contributed by atoms with Crippen LogP contribution in [0.5, 0.6) is 0 Å². The van der Waals surface area contributed by atoms with Gasteiger partial charge in [-0.1, -0.05) is 43.5 Å². The highest BCUT2D eigenvalue weighted by atomic mass is 32.2. The molecule has 0 aromatic heterocycles. The number of carboxylic acid groups (broad SMARTS) is 1. The SMILES string of the molecule is CCOC(=O)[C@H](SCC(=O)O)c1ccc(C2CCCCC2)cc1. The summed E-state index contributed by atoms with van der Waals surface area (Å²) in [5, 5.41) is 8.28. The average molecular weight is 336 g/mol. The first kappa shape index (κ1) is 17.9. The van der Waals surface area contributed by atoms with Crippen molar-refractivity contribution in [1.29, 1.82) is 0 Å². The number of hydrogen-bond acceptors (Lipinski definition) is 4. The van der Waals surface area contributed by atoms with Gasteiger partial charge < -0.3 is 9.84 Å². The summed E-state index contributed by atoms with van der Waals surface area (Å²) in [5.41, 5.74) is 2.13. The molecule has 0 radical (unpaired) electrons. The molecule has 1 fully saturated rings. The number of aliphatic carboxylic acids is 1. The monoisotopic (exact) mass is 336 g/mol. The van der Waals surface area contributed by atoms with Crippen LogP contribution in [0.4, 0.5) is 0 Å². The van der Waals surface area contributed by atoms with E-state index < -0.39 is 11.2 Å². The molecule has 0 heterocycles. The van der Waals surface area contributed by atoms with E-state index in [2.05, 4.69) is 12.1 Å². The van der Waals surface area contributed by atoms with E-state index in [1.165, 1.54) is 37.7 Å². The van der Waals surface area contributed by atoms with Crippen LogP contribution in [-0.4, -0.2) is 29.4 Å². The summed E-state index contributed by atoms with van der Waals surface area (Å²) < 4.78 is 5.08. The van der Waals surface area contributed by atoms with Gasteiger partial charge >= 0.3 is 11.9 Å². The summed E-state index contributed by atoms with van der Waals surface area (Å²) in [6.07, 6.45) is 6.35. The summed E-state index contributed by atoms with van der Waals surface area (Å²) in [5.74, 6) is -0.800. The highest BCUT2D eigenvalue weighted by Gasteiger charge is 2.24. The van der Waals surface area contributed by atoms with Gasteiger partial charge in [0.25, 0.3) is 0 Å². The minimum absolute atomic E-state index is 0.117. The second-order valence-corrected chi connectivity index (χ2v) is 6.93. The third-order valence-corrected chi connectivity index (χ3v) is 5.40. The molecule has 4 nitrogen and oxygen atoms in total. The van der Waals surface area contributed by atoms with Crippen molar-refractivity contribution in [3.8, 4) is 0 Å². The van der Waals surface area contributed by atoms with E-state index in [1.54, 1.807) is 6.92 Å². The molecule has 2 rings (SSSR count). The van der Waals surface area contributed by atoms with Crippen molar-refractivity contribution in [2.24, 2.45) is 0 Å². The fraction of sp³-hybridized carbons (Fsp3) is 0.556. The third-order valence-electron chi connectivity index (χ3n) is 4.19. The molecule has 126 valence electrons. The maximum atomic E-state index is 12.1. The van der Waals surface area contributed by atoms with Crippen LogP contribution in [0.3, 0.4) is 0 Å². The van der Waals surface area contributed by atoms with Crippen molar-refractivity contribution >= 4 is 23.7 Å². The number of esters is 1. The summed E-state index contributed by atoms with van der Waals surface area (Å²) in [4.78, 5) is 22.9. The van der Waals surface area contributed by atoms with Crippen LogP contribution in [0, 0.1) is 0 Å². The van der Waals surface area contributed by atoms with Gasteiger partial charge in [-0.05, 0) is 36.8 Å². The van der Waals surface area contributed by atoms with Crippen LogP contribution in [0.25, 0.3) is 0 Å². The smallest absolute Gasteiger partial charge is 0.323 e. The second-order valence-electron chi connectivity index (χ2n) is 5.84. The van der Waals surface area contributed by atoms with E-state index >= 15 is 0 Å². The summed E-state index contributed by atoms with van der Waals surface area (Å²) in [6, 6.07) is 8.05. The predicted molar refractivity (Wildman–Crippen MR) is 91.7 cm³/mol. The van der Waals surface area contributed by atoms with Crippen molar-refractivity contribution in [1.82, 2.24) is 0 Å². The lowest BCUT2D eigenvalue weighted by Crippen LogP contribution is -2.15. The number of thioether (sulfide) groups is 1. The first-order chi connectivity index (χ1) is 11.1. The van der Waals surface area contributed by atoms with Gasteiger partial charge in [0, 0.05) is 0 Å². The molecule has 5 heteroatoms. The summed E-state index contributed by atoms with van der Waals surface area (Å²) >= 11 is 1.10. The Morgan fingerprint density at radius 2 is 1.87 bits per heavy atom.